The monoisotopic (exact) mass is 152 g/mol. The van der Waals surface area contributed by atoms with E-state index in [9.17, 15) is 0 Å². The molecule has 11 heavy (non-hydrogen) atoms. The molecule has 1 aliphatic carbocycles. The molecule has 0 nitrogen and oxygen atoms in total. The van der Waals surface area contributed by atoms with E-state index in [1.165, 1.54) is 37.7 Å². The van der Waals surface area contributed by atoms with Gasteiger partial charge in [-0.15, -0.1) is 0 Å². The van der Waals surface area contributed by atoms with Crippen molar-refractivity contribution in [1.82, 2.24) is 0 Å². The highest BCUT2D eigenvalue weighted by molar-refractivity contribution is 5.00. The van der Waals surface area contributed by atoms with Crippen LogP contribution in [0.4, 0.5) is 0 Å². The van der Waals surface area contributed by atoms with E-state index in [0.29, 0.717) is 0 Å². The highest BCUT2D eigenvalue weighted by Gasteiger charge is 2.19. The largest absolute Gasteiger partial charge is 0.0998 e. The Kier molecular flexibility index (Phi) is 3.16. The molecule has 0 bridgehead atoms. The Morgan fingerprint density at radius 3 is 2.73 bits per heavy atom. The van der Waals surface area contributed by atoms with Crippen LogP contribution >= 0.6 is 0 Å². The molecule has 64 valence electrons. The smallest absolute Gasteiger partial charge is 0.0294 e. The molecule has 0 heteroatoms. The van der Waals surface area contributed by atoms with Crippen LogP contribution in [0, 0.1) is 11.8 Å². The van der Waals surface area contributed by atoms with E-state index in [1.807, 2.05) is 0 Å². The lowest BCUT2D eigenvalue weighted by Crippen LogP contribution is -2.14. The minimum atomic E-state index is 0.896. The Balaban J connectivity index is 2.36. The van der Waals surface area contributed by atoms with Crippen LogP contribution in [0.2, 0.25) is 0 Å². The maximum atomic E-state index is 4.10. The van der Waals surface area contributed by atoms with Gasteiger partial charge < -0.3 is 0 Å². The highest BCUT2D eigenvalue weighted by atomic mass is 14.2. The lowest BCUT2D eigenvalue weighted by molar-refractivity contribution is 0.319. The molecule has 0 aromatic heterocycles. The maximum absolute atomic E-state index is 4.10. The third-order valence-electron chi connectivity index (χ3n) is 2.65. The third kappa shape index (κ3) is 2.69. The predicted molar refractivity (Wildman–Crippen MR) is 50.6 cm³/mol. The van der Waals surface area contributed by atoms with Crippen LogP contribution < -0.4 is 0 Å². The van der Waals surface area contributed by atoms with E-state index in [-0.39, 0.29) is 0 Å². The summed E-state index contributed by atoms with van der Waals surface area (Å²) in [7, 11) is 0. The van der Waals surface area contributed by atoms with E-state index in [4.69, 9.17) is 0 Å². The van der Waals surface area contributed by atoms with E-state index in [0.717, 1.165) is 11.8 Å². The molecule has 1 aliphatic rings. The molecular formula is C11H20. The first kappa shape index (κ1) is 8.83. The Morgan fingerprint density at radius 2 is 2.18 bits per heavy atom. The first-order valence-corrected chi connectivity index (χ1v) is 4.89. The fourth-order valence-electron chi connectivity index (χ4n) is 2.35. The van der Waals surface area contributed by atoms with Gasteiger partial charge in [-0.1, -0.05) is 38.8 Å². The fraction of sp³-hybridized carbons (Fsp3) is 0.818. The SMILES string of the molecule is C=C1CC(C)CC(CCC)C1. The normalized spacial score (nSPS) is 32.4. The minimum Gasteiger partial charge on any atom is -0.0998 e. The van der Waals surface area contributed by atoms with Gasteiger partial charge in [0, 0.05) is 0 Å². The summed E-state index contributed by atoms with van der Waals surface area (Å²) in [6.07, 6.45) is 6.76. The van der Waals surface area contributed by atoms with Gasteiger partial charge in [0.2, 0.25) is 0 Å². The first-order chi connectivity index (χ1) is 5.22. The molecular weight excluding hydrogens is 132 g/mol. The summed E-state index contributed by atoms with van der Waals surface area (Å²) in [6, 6.07) is 0. The summed E-state index contributed by atoms with van der Waals surface area (Å²) >= 11 is 0. The minimum absolute atomic E-state index is 0.896. The van der Waals surface area contributed by atoms with Crippen LogP contribution in [0.1, 0.15) is 46.0 Å². The van der Waals surface area contributed by atoms with E-state index in [1.54, 1.807) is 0 Å². The summed E-state index contributed by atoms with van der Waals surface area (Å²) in [4.78, 5) is 0. The van der Waals surface area contributed by atoms with Gasteiger partial charge in [0.15, 0.2) is 0 Å². The fourth-order valence-corrected chi connectivity index (χ4v) is 2.35. The zero-order valence-corrected chi connectivity index (χ0v) is 7.90. The van der Waals surface area contributed by atoms with Crippen LogP contribution in [-0.4, -0.2) is 0 Å². The standard InChI is InChI=1S/C11H20/c1-4-5-11-7-9(2)6-10(3)8-11/h10-11H,2,4-8H2,1,3H3. The van der Waals surface area contributed by atoms with Crippen molar-refractivity contribution in [2.75, 3.05) is 0 Å². The van der Waals surface area contributed by atoms with E-state index < -0.39 is 0 Å². The van der Waals surface area contributed by atoms with Crippen molar-refractivity contribution in [3.8, 4) is 0 Å². The topological polar surface area (TPSA) is 0 Å². The molecule has 0 heterocycles. The van der Waals surface area contributed by atoms with Gasteiger partial charge in [-0.05, 0) is 31.1 Å². The summed E-state index contributed by atoms with van der Waals surface area (Å²) in [5.41, 5.74) is 1.49. The molecule has 0 spiro atoms. The number of allylic oxidation sites excluding steroid dienone is 1. The van der Waals surface area contributed by atoms with Gasteiger partial charge in [0.05, 0.1) is 0 Å². The second-order valence-electron chi connectivity index (χ2n) is 4.15. The second-order valence-corrected chi connectivity index (χ2v) is 4.15. The van der Waals surface area contributed by atoms with Gasteiger partial charge in [-0.2, -0.15) is 0 Å². The average Bonchev–Trinajstić information content (AvgIpc) is 1.85. The number of hydrogen-bond acceptors (Lipinski definition) is 0. The van der Waals surface area contributed by atoms with E-state index in [2.05, 4.69) is 20.4 Å². The van der Waals surface area contributed by atoms with Crippen molar-refractivity contribution in [2.45, 2.75) is 46.0 Å². The van der Waals surface area contributed by atoms with Crippen molar-refractivity contribution in [2.24, 2.45) is 11.8 Å². The lowest BCUT2D eigenvalue weighted by atomic mass is 9.78. The molecule has 2 atom stereocenters. The second kappa shape index (κ2) is 3.94. The zero-order chi connectivity index (χ0) is 8.27. The Hall–Kier alpha value is -0.260. The summed E-state index contributed by atoms with van der Waals surface area (Å²) in [6.45, 7) is 8.73. The summed E-state index contributed by atoms with van der Waals surface area (Å²) in [5.74, 6) is 1.85. The molecule has 0 aliphatic heterocycles. The number of rotatable bonds is 2. The molecule has 0 amide bonds. The molecule has 2 unspecified atom stereocenters. The Labute approximate surface area is 70.7 Å². The zero-order valence-electron chi connectivity index (χ0n) is 7.90. The molecule has 1 fully saturated rings. The molecule has 1 saturated carbocycles. The highest BCUT2D eigenvalue weighted by Crippen LogP contribution is 2.33. The molecule has 0 saturated heterocycles. The molecule has 0 radical (unpaired) electrons. The van der Waals surface area contributed by atoms with Crippen LogP contribution in [0.25, 0.3) is 0 Å². The molecule has 0 aromatic rings. The quantitative estimate of drug-likeness (QED) is 0.528. The van der Waals surface area contributed by atoms with Crippen LogP contribution in [0.3, 0.4) is 0 Å². The Morgan fingerprint density at radius 1 is 1.45 bits per heavy atom. The van der Waals surface area contributed by atoms with Gasteiger partial charge in [0.25, 0.3) is 0 Å². The van der Waals surface area contributed by atoms with Crippen molar-refractivity contribution >= 4 is 0 Å². The average molecular weight is 152 g/mol. The molecule has 0 N–H and O–H groups in total. The third-order valence-corrected chi connectivity index (χ3v) is 2.65. The van der Waals surface area contributed by atoms with Gasteiger partial charge in [0.1, 0.15) is 0 Å². The van der Waals surface area contributed by atoms with Gasteiger partial charge in [-0.25, -0.2) is 0 Å². The van der Waals surface area contributed by atoms with Crippen molar-refractivity contribution in [3.05, 3.63) is 12.2 Å². The lowest BCUT2D eigenvalue weighted by Gasteiger charge is -2.28. The van der Waals surface area contributed by atoms with Gasteiger partial charge in [-0.3, -0.25) is 0 Å². The summed E-state index contributed by atoms with van der Waals surface area (Å²) < 4.78 is 0. The molecule has 0 aromatic carbocycles. The van der Waals surface area contributed by atoms with Crippen LogP contribution in [-0.2, 0) is 0 Å². The predicted octanol–water partition coefficient (Wildman–Crippen LogP) is 3.78. The maximum Gasteiger partial charge on any atom is -0.0294 e. The van der Waals surface area contributed by atoms with E-state index >= 15 is 0 Å². The van der Waals surface area contributed by atoms with Crippen molar-refractivity contribution < 1.29 is 0 Å². The van der Waals surface area contributed by atoms with Crippen molar-refractivity contribution in [3.63, 3.8) is 0 Å². The Bertz CT molecular complexity index is 135. The van der Waals surface area contributed by atoms with Crippen molar-refractivity contribution in [1.29, 1.82) is 0 Å². The van der Waals surface area contributed by atoms with Crippen LogP contribution in [0.15, 0.2) is 12.2 Å². The summed E-state index contributed by atoms with van der Waals surface area (Å²) in [5, 5.41) is 0. The van der Waals surface area contributed by atoms with Crippen LogP contribution in [0.5, 0.6) is 0 Å². The number of hydrogen-bond donors (Lipinski definition) is 0. The van der Waals surface area contributed by atoms with Gasteiger partial charge >= 0.3 is 0 Å². The molecule has 1 rings (SSSR count). The first-order valence-electron chi connectivity index (χ1n) is 4.89.